The van der Waals surface area contributed by atoms with Crippen molar-refractivity contribution in [2.75, 3.05) is 26.7 Å². The van der Waals surface area contributed by atoms with Crippen LogP contribution in [0.15, 0.2) is 0 Å². The minimum atomic E-state index is -0.738. The van der Waals surface area contributed by atoms with Gasteiger partial charge in [0.05, 0.1) is 7.11 Å². The third kappa shape index (κ3) is 3.59. The minimum absolute atomic E-state index is 0.223. The molecule has 1 aliphatic heterocycles. The van der Waals surface area contributed by atoms with Crippen LogP contribution in [-0.4, -0.2) is 43.2 Å². The van der Waals surface area contributed by atoms with E-state index < -0.39 is 5.54 Å². The van der Waals surface area contributed by atoms with Crippen LogP contribution in [0.2, 0.25) is 0 Å². The Morgan fingerprint density at radius 1 is 1.38 bits per heavy atom. The maximum atomic E-state index is 12.0. The van der Waals surface area contributed by atoms with Gasteiger partial charge in [0.1, 0.15) is 5.54 Å². The van der Waals surface area contributed by atoms with E-state index in [0.29, 0.717) is 5.41 Å². The maximum absolute atomic E-state index is 12.0. The monoisotopic (exact) mass is 296 g/mol. The molecule has 1 saturated carbocycles. The van der Waals surface area contributed by atoms with Gasteiger partial charge in [0, 0.05) is 6.54 Å². The Labute approximate surface area is 129 Å². The average molecular weight is 296 g/mol. The van der Waals surface area contributed by atoms with E-state index in [1.165, 1.54) is 26.6 Å². The first-order valence-corrected chi connectivity index (χ1v) is 8.37. The molecule has 0 amide bonds. The topological polar surface area (TPSA) is 55.6 Å². The van der Waals surface area contributed by atoms with Crippen molar-refractivity contribution in [1.82, 2.24) is 4.90 Å². The summed E-state index contributed by atoms with van der Waals surface area (Å²) in [6.07, 6.45) is 5.18. The molecule has 1 aliphatic carbocycles. The van der Waals surface area contributed by atoms with Crippen LogP contribution >= 0.6 is 0 Å². The molecule has 4 nitrogen and oxygen atoms in total. The molecule has 3 unspecified atom stereocenters. The lowest BCUT2D eigenvalue weighted by Crippen LogP contribution is -2.52. The zero-order valence-corrected chi connectivity index (χ0v) is 14.2. The first-order chi connectivity index (χ1) is 9.77. The summed E-state index contributed by atoms with van der Waals surface area (Å²) in [4.78, 5) is 14.5. The maximum Gasteiger partial charge on any atom is 0.326 e. The van der Waals surface area contributed by atoms with Crippen LogP contribution in [0.1, 0.15) is 52.9 Å². The number of nitrogens with two attached hydrogens (primary N) is 1. The molecular weight excluding hydrogens is 264 g/mol. The summed E-state index contributed by atoms with van der Waals surface area (Å²) in [5.41, 5.74) is 6.00. The molecule has 0 aromatic rings. The number of esters is 1. The number of rotatable bonds is 4. The third-order valence-electron chi connectivity index (χ3n) is 5.73. The number of hydrogen-bond donors (Lipinski definition) is 1. The fraction of sp³-hybridized carbons (Fsp3) is 0.941. The van der Waals surface area contributed by atoms with Gasteiger partial charge in [0.15, 0.2) is 0 Å². The van der Waals surface area contributed by atoms with E-state index >= 15 is 0 Å². The minimum Gasteiger partial charge on any atom is -0.468 e. The molecule has 2 rings (SSSR count). The second-order valence-corrected chi connectivity index (χ2v) is 8.06. The SMILES string of the molecule is COC(=O)C1(N)CCCC1CCN1CCC(C(C)(C)C)C1. The Morgan fingerprint density at radius 3 is 2.67 bits per heavy atom. The number of carbonyl (C=O) groups excluding carboxylic acids is 1. The van der Waals surface area contributed by atoms with Crippen LogP contribution in [-0.2, 0) is 9.53 Å². The predicted octanol–water partition coefficient (Wildman–Crippen LogP) is 2.42. The number of ether oxygens (including phenoxy) is 1. The summed E-state index contributed by atoms with van der Waals surface area (Å²) in [5, 5.41) is 0. The lowest BCUT2D eigenvalue weighted by Gasteiger charge is -2.30. The lowest BCUT2D eigenvalue weighted by atomic mass is 9.80. The largest absolute Gasteiger partial charge is 0.468 e. The van der Waals surface area contributed by atoms with Crippen LogP contribution < -0.4 is 5.73 Å². The van der Waals surface area contributed by atoms with E-state index in [1.807, 2.05) is 0 Å². The van der Waals surface area contributed by atoms with Gasteiger partial charge in [-0.3, -0.25) is 4.79 Å². The highest BCUT2D eigenvalue weighted by atomic mass is 16.5. The molecule has 0 aromatic carbocycles. The number of methoxy groups -OCH3 is 1. The molecule has 0 bridgehead atoms. The first kappa shape index (κ1) is 16.8. The van der Waals surface area contributed by atoms with Crippen LogP contribution in [0.4, 0.5) is 0 Å². The van der Waals surface area contributed by atoms with Crippen molar-refractivity contribution in [1.29, 1.82) is 0 Å². The van der Waals surface area contributed by atoms with Crippen LogP contribution in [0.25, 0.3) is 0 Å². The Morgan fingerprint density at radius 2 is 2.10 bits per heavy atom. The third-order valence-corrected chi connectivity index (χ3v) is 5.73. The van der Waals surface area contributed by atoms with Crippen LogP contribution in [0.3, 0.4) is 0 Å². The molecule has 122 valence electrons. The molecule has 3 atom stereocenters. The molecule has 0 aromatic heterocycles. The van der Waals surface area contributed by atoms with Gasteiger partial charge in [-0.2, -0.15) is 0 Å². The van der Waals surface area contributed by atoms with Crippen molar-refractivity contribution in [3.63, 3.8) is 0 Å². The van der Waals surface area contributed by atoms with Gasteiger partial charge in [0.25, 0.3) is 0 Å². The van der Waals surface area contributed by atoms with Crippen molar-refractivity contribution in [2.24, 2.45) is 23.0 Å². The zero-order chi connectivity index (χ0) is 15.7. The number of carbonyl (C=O) groups is 1. The Hall–Kier alpha value is -0.610. The van der Waals surface area contributed by atoms with E-state index in [9.17, 15) is 4.79 Å². The number of likely N-dealkylation sites (tertiary alicyclic amines) is 1. The summed E-state index contributed by atoms with van der Waals surface area (Å²) in [6, 6.07) is 0. The average Bonchev–Trinajstić information content (AvgIpc) is 3.02. The van der Waals surface area contributed by atoms with Crippen molar-refractivity contribution in [3.05, 3.63) is 0 Å². The van der Waals surface area contributed by atoms with E-state index in [0.717, 1.165) is 38.1 Å². The fourth-order valence-corrected chi connectivity index (χ4v) is 4.04. The molecular formula is C17H32N2O2. The van der Waals surface area contributed by atoms with Crippen molar-refractivity contribution in [3.8, 4) is 0 Å². The molecule has 1 saturated heterocycles. The summed E-state index contributed by atoms with van der Waals surface area (Å²) < 4.78 is 4.92. The fourth-order valence-electron chi connectivity index (χ4n) is 4.04. The van der Waals surface area contributed by atoms with Gasteiger partial charge >= 0.3 is 5.97 Å². The van der Waals surface area contributed by atoms with Gasteiger partial charge < -0.3 is 15.4 Å². The highest BCUT2D eigenvalue weighted by molar-refractivity contribution is 5.81. The van der Waals surface area contributed by atoms with Gasteiger partial charge in [-0.05, 0) is 56.0 Å². The van der Waals surface area contributed by atoms with E-state index in [4.69, 9.17) is 10.5 Å². The summed E-state index contributed by atoms with van der Waals surface area (Å²) >= 11 is 0. The van der Waals surface area contributed by atoms with Crippen molar-refractivity contribution < 1.29 is 9.53 Å². The van der Waals surface area contributed by atoms with Crippen LogP contribution in [0, 0.1) is 17.3 Å². The normalized spacial score (nSPS) is 34.3. The van der Waals surface area contributed by atoms with Crippen LogP contribution in [0.5, 0.6) is 0 Å². The molecule has 21 heavy (non-hydrogen) atoms. The molecule has 4 heteroatoms. The molecule has 0 spiro atoms. The summed E-state index contributed by atoms with van der Waals surface area (Å²) in [7, 11) is 1.45. The summed E-state index contributed by atoms with van der Waals surface area (Å²) in [5.74, 6) is 0.835. The second-order valence-electron chi connectivity index (χ2n) is 8.06. The Bertz CT molecular complexity index is 377. The lowest BCUT2D eigenvalue weighted by molar-refractivity contribution is -0.148. The standard InChI is InChI=1S/C17H32N2O2/c1-16(2,3)14-8-11-19(12-14)10-7-13-6-5-9-17(13,18)15(20)21-4/h13-14H,5-12,18H2,1-4H3. The molecule has 2 fully saturated rings. The van der Waals surface area contributed by atoms with Gasteiger partial charge in [-0.25, -0.2) is 0 Å². The molecule has 1 heterocycles. The Balaban J connectivity index is 1.85. The predicted molar refractivity (Wildman–Crippen MR) is 84.9 cm³/mol. The Kier molecular flexibility index (Phi) is 4.99. The molecule has 2 aliphatic rings. The highest BCUT2D eigenvalue weighted by Gasteiger charge is 2.46. The quantitative estimate of drug-likeness (QED) is 0.810. The van der Waals surface area contributed by atoms with E-state index in [1.54, 1.807) is 0 Å². The van der Waals surface area contributed by atoms with Gasteiger partial charge in [-0.1, -0.05) is 27.2 Å². The van der Waals surface area contributed by atoms with Gasteiger partial charge in [0.2, 0.25) is 0 Å². The second kappa shape index (κ2) is 6.25. The molecule has 2 N–H and O–H groups in total. The molecule has 0 radical (unpaired) electrons. The van der Waals surface area contributed by atoms with Crippen molar-refractivity contribution >= 4 is 5.97 Å². The number of hydrogen-bond acceptors (Lipinski definition) is 4. The first-order valence-electron chi connectivity index (χ1n) is 8.37. The highest BCUT2D eigenvalue weighted by Crippen LogP contribution is 2.38. The zero-order valence-electron chi connectivity index (χ0n) is 14.2. The van der Waals surface area contributed by atoms with Crippen molar-refractivity contribution in [2.45, 2.75) is 58.4 Å². The summed E-state index contributed by atoms with van der Waals surface area (Å²) in [6.45, 7) is 10.4. The van der Waals surface area contributed by atoms with Gasteiger partial charge in [-0.15, -0.1) is 0 Å². The van der Waals surface area contributed by atoms with E-state index in [-0.39, 0.29) is 11.9 Å². The smallest absolute Gasteiger partial charge is 0.326 e. The van der Waals surface area contributed by atoms with E-state index in [2.05, 4.69) is 25.7 Å². The number of nitrogens with zero attached hydrogens (tertiary/aromatic N) is 1.